The first-order valence-corrected chi connectivity index (χ1v) is 3.07. The van der Waals surface area contributed by atoms with Crippen LogP contribution in [0.2, 0.25) is 0 Å². The van der Waals surface area contributed by atoms with Crippen LogP contribution in [0.15, 0.2) is 0 Å². The van der Waals surface area contributed by atoms with Gasteiger partial charge in [-0.3, -0.25) is 0 Å². The highest BCUT2D eigenvalue weighted by molar-refractivity contribution is 4.67. The lowest BCUT2D eigenvalue weighted by molar-refractivity contribution is -0.202. The van der Waals surface area contributed by atoms with Crippen LogP contribution in [0.4, 0.5) is 22.0 Å². The molecule has 2 N–H and O–H groups in total. The number of hydrogen-bond acceptors (Lipinski definition) is 2. The maximum Gasteiger partial charge on any atom is 0.415 e. The molecular weight excluding hydrogens is 185 g/mol. The summed E-state index contributed by atoms with van der Waals surface area (Å²) in [5.41, 5.74) is 0. The summed E-state index contributed by atoms with van der Waals surface area (Å²) in [5, 5.41) is 10.0. The van der Waals surface area contributed by atoms with Crippen LogP contribution in [0, 0.1) is 0 Å². The highest BCUT2D eigenvalue weighted by Crippen LogP contribution is 2.19. The summed E-state index contributed by atoms with van der Waals surface area (Å²) in [5.74, 6) is 0. The summed E-state index contributed by atoms with van der Waals surface area (Å²) in [4.78, 5) is 0. The molecule has 1 atom stereocenters. The van der Waals surface area contributed by atoms with Crippen LogP contribution in [0.5, 0.6) is 0 Å². The molecule has 0 saturated carbocycles. The zero-order valence-electron chi connectivity index (χ0n) is 5.91. The van der Waals surface area contributed by atoms with Gasteiger partial charge in [-0.15, -0.1) is 0 Å². The number of rotatable bonds is 4. The summed E-state index contributed by atoms with van der Waals surface area (Å²) < 4.78 is 57.2. The number of alkyl halides is 5. The fraction of sp³-hybridized carbons (Fsp3) is 1.00. The van der Waals surface area contributed by atoms with Crippen molar-refractivity contribution in [2.24, 2.45) is 0 Å². The molecule has 0 amide bonds. The van der Waals surface area contributed by atoms with E-state index >= 15 is 0 Å². The van der Waals surface area contributed by atoms with Crippen molar-refractivity contribution < 1.29 is 27.1 Å². The molecule has 0 rings (SSSR count). The average molecular weight is 193 g/mol. The van der Waals surface area contributed by atoms with Crippen LogP contribution in [0.1, 0.15) is 0 Å². The standard InChI is InChI=1S/C5H8F5NO/c6-4(7)2-11-1-3(12)5(8,9)10/h3-4,11-12H,1-2H2. The molecule has 0 spiro atoms. The van der Waals surface area contributed by atoms with Crippen LogP contribution < -0.4 is 5.32 Å². The molecule has 0 fully saturated rings. The molecule has 74 valence electrons. The SMILES string of the molecule is OC(CNCC(F)F)C(F)(F)F. The van der Waals surface area contributed by atoms with E-state index in [1.807, 2.05) is 0 Å². The number of halogens is 5. The smallest absolute Gasteiger partial charge is 0.382 e. The minimum atomic E-state index is -4.75. The normalized spacial score (nSPS) is 15.2. The van der Waals surface area contributed by atoms with E-state index in [1.165, 1.54) is 0 Å². The molecule has 0 aliphatic rings. The second kappa shape index (κ2) is 4.56. The third-order valence-electron chi connectivity index (χ3n) is 1.01. The number of aliphatic hydroxyl groups excluding tert-OH is 1. The maximum absolute atomic E-state index is 11.5. The van der Waals surface area contributed by atoms with Crippen molar-refractivity contribution in [3.8, 4) is 0 Å². The summed E-state index contributed by atoms with van der Waals surface area (Å²) in [6, 6.07) is 0. The molecule has 0 saturated heterocycles. The fourth-order valence-electron chi connectivity index (χ4n) is 0.445. The predicted molar refractivity (Wildman–Crippen MR) is 30.9 cm³/mol. The van der Waals surface area contributed by atoms with Gasteiger partial charge in [0.2, 0.25) is 0 Å². The van der Waals surface area contributed by atoms with Gasteiger partial charge in [0.1, 0.15) is 0 Å². The van der Waals surface area contributed by atoms with E-state index in [0.29, 0.717) is 0 Å². The quantitative estimate of drug-likeness (QED) is 0.646. The van der Waals surface area contributed by atoms with E-state index in [4.69, 9.17) is 5.11 Å². The van der Waals surface area contributed by atoms with Crippen LogP contribution in [-0.2, 0) is 0 Å². The van der Waals surface area contributed by atoms with Crippen molar-refractivity contribution in [3.63, 3.8) is 0 Å². The van der Waals surface area contributed by atoms with Crippen molar-refractivity contribution in [1.29, 1.82) is 0 Å². The number of aliphatic hydroxyl groups is 1. The molecule has 1 unspecified atom stereocenters. The zero-order valence-corrected chi connectivity index (χ0v) is 5.91. The third kappa shape index (κ3) is 5.25. The van der Waals surface area contributed by atoms with Crippen molar-refractivity contribution in [3.05, 3.63) is 0 Å². The van der Waals surface area contributed by atoms with E-state index in [9.17, 15) is 22.0 Å². The molecule has 0 aromatic heterocycles. The van der Waals surface area contributed by atoms with Crippen LogP contribution in [0.3, 0.4) is 0 Å². The molecular formula is C5H8F5NO. The Bertz CT molecular complexity index is 125. The van der Waals surface area contributed by atoms with Gasteiger partial charge in [-0.1, -0.05) is 0 Å². The van der Waals surface area contributed by atoms with E-state index in [0.717, 1.165) is 0 Å². The van der Waals surface area contributed by atoms with Crippen molar-refractivity contribution in [1.82, 2.24) is 5.32 Å². The first-order valence-electron chi connectivity index (χ1n) is 3.07. The van der Waals surface area contributed by atoms with Gasteiger partial charge >= 0.3 is 6.18 Å². The van der Waals surface area contributed by atoms with Crippen molar-refractivity contribution >= 4 is 0 Å². The molecule has 0 radical (unpaired) electrons. The van der Waals surface area contributed by atoms with Crippen LogP contribution >= 0.6 is 0 Å². The van der Waals surface area contributed by atoms with E-state index in [1.54, 1.807) is 5.32 Å². The third-order valence-corrected chi connectivity index (χ3v) is 1.01. The number of hydrogen-bond donors (Lipinski definition) is 2. The van der Waals surface area contributed by atoms with Gasteiger partial charge in [0.15, 0.2) is 6.10 Å². The van der Waals surface area contributed by atoms with Gasteiger partial charge in [0, 0.05) is 6.54 Å². The molecule has 0 aliphatic carbocycles. The summed E-state index contributed by atoms with van der Waals surface area (Å²) in [6.07, 6.45) is -10.1. The molecule has 0 heterocycles. The van der Waals surface area contributed by atoms with Crippen LogP contribution in [0.25, 0.3) is 0 Å². The number of nitrogens with one attached hydrogen (secondary N) is 1. The van der Waals surface area contributed by atoms with Crippen LogP contribution in [-0.4, -0.2) is 36.9 Å². The highest BCUT2D eigenvalue weighted by Gasteiger charge is 2.37. The molecule has 0 aromatic carbocycles. The Labute approximate surface area is 65.4 Å². The van der Waals surface area contributed by atoms with Crippen molar-refractivity contribution in [2.45, 2.75) is 18.7 Å². The Hall–Kier alpha value is -0.430. The lowest BCUT2D eigenvalue weighted by atomic mass is 10.3. The maximum atomic E-state index is 11.5. The second-order valence-electron chi connectivity index (χ2n) is 2.11. The molecule has 0 aromatic rings. The topological polar surface area (TPSA) is 32.3 Å². The van der Waals surface area contributed by atoms with Gasteiger partial charge in [-0.2, -0.15) is 13.2 Å². The van der Waals surface area contributed by atoms with E-state index in [-0.39, 0.29) is 0 Å². The van der Waals surface area contributed by atoms with Gasteiger partial charge < -0.3 is 10.4 Å². The predicted octanol–water partition coefficient (Wildman–Crippen LogP) is 0.764. The summed E-state index contributed by atoms with van der Waals surface area (Å²) in [7, 11) is 0. The lowest BCUT2D eigenvalue weighted by Gasteiger charge is -2.14. The average Bonchev–Trinajstić information content (AvgIpc) is 1.84. The largest absolute Gasteiger partial charge is 0.415 e. The van der Waals surface area contributed by atoms with Gasteiger partial charge in [0.25, 0.3) is 6.43 Å². The highest BCUT2D eigenvalue weighted by atomic mass is 19.4. The molecule has 0 bridgehead atoms. The van der Waals surface area contributed by atoms with Gasteiger partial charge in [-0.05, 0) is 0 Å². The molecule has 12 heavy (non-hydrogen) atoms. The first-order chi connectivity index (χ1) is 5.34. The van der Waals surface area contributed by atoms with Gasteiger partial charge in [0.05, 0.1) is 6.54 Å². The Morgan fingerprint density at radius 2 is 1.67 bits per heavy atom. The fourth-order valence-corrected chi connectivity index (χ4v) is 0.445. The first kappa shape index (κ1) is 11.6. The summed E-state index contributed by atoms with van der Waals surface area (Å²) in [6.45, 7) is -1.76. The molecule has 2 nitrogen and oxygen atoms in total. The monoisotopic (exact) mass is 193 g/mol. The minimum Gasteiger partial charge on any atom is -0.382 e. The summed E-state index contributed by atoms with van der Waals surface area (Å²) >= 11 is 0. The Morgan fingerprint density at radius 3 is 2.00 bits per heavy atom. The molecule has 0 aliphatic heterocycles. The minimum absolute atomic E-state index is 0.854. The lowest BCUT2D eigenvalue weighted by Crippen LogP contribution is -2.39. The Morgan fingerprint density at radius 1 is 1.17 bits per heavy atom. The molecule has 7 heteroatoms. The van der Waals surface area contributed by atoms with E-state index < -0.39 is 31.8 Å². The Kier molecular flexibility index (Phi) is 4.40. The second-order valence-corrected chi connectivity index (χ2v) is 2.11. The van der Waals surface area contributed by atoms with Crippen molar-refractivity contribution in [2.75, 3.05) is 13.1 Å². The Balaban J connectivity index is 3.51. The zero-order chi connectivity index (χ0) is 9.78. The van der Waals surface area contributed by atoms with Gasteiger partial charge in [-0.25, -0.2) is 8.78 Å². The van der Waals surface area contributed by atoms with E-state index in [2.05, 4.69) is 0 Å².